The summed E-state index contributed by atoms with van der Waals surface area (Å²) in [4.78, 5) is 1.22. The van der Waals surface area contributed by atoms with Gasteiger partial charge in [0.1, 0.15) is 0 Å². The van der Waals surface area contributed by atoms with E-state index in [0.717, 1.165) is 24.3 Å². The molecule has 0 saturated heterocycles. The Hall–Kier alpha value is -2.18. The molecule has 0 fully saturated rings. The molecule has 0 radical (unpaired) electrons. The Bertz CT molecular complexity index is 700. The minimum Gasteiger partial charge on any atom is -0.377 e. The zero-order chi connectivity index (χ0) is 17.4. The zero-order valence-electron chi connectivity index (χ0n) is 12.3. The summed E-state index contributed by atoms with van der Waals surface area (Å²) in [6, 6.07) is 7.78. The minimum atomic E-state index is -4.59. The number of anilines is 1. The molecule has 0 bridgehead atoms. The van der Waals surface area contributed by atoms with E-state index < -0.39 is 23.5 Å². The van der Waals surface area contributed by atoms with Gasteiger partial charge in [-0.05, 0) is 29.3 Å². The van der Waals surface area contributed by atoms with Crippen molar-refractivity contribution in [2.24, 2.45) is 0 Å². The van der Waals surface area contributed by atoms with Crippen LogP contribution in [0.25, 0.3) is 11.1 Å². The highest BCUT2D eigenvalue weighted by Gasteiger charge is 2.36. The molecule has 7 heteroatoms. The summed E-state index contributed by atoms with van der Waals surface area (Å²) in [5.74, 6) is 0. The molecule has 124 valence electrons. The van der Waals surface area contributed by atoms with Crippen molar-refractivity contribution >= 4 is 5.69 Å². The van der Waals surface area contributed by atoms with Gasteiger partial charge in [0.2, 0.25) is 0 Å². The molecular weight excluding hydrogens is 320 g/mol. The molecule has 0 spiro atoms. The summed E-state index contributed by atoms with van der Waals surface area (Å²) < 4.78 is 78.2. The highest BCUT2D eigenvalue weighted by Crippen LogP contribution is 2.41. The fraction of sp³-hybridized carbons (Fsp3) is 0.250. The molecule has 0 saturated carbocycles. The van der Waals surface area contributed by atoms with Crippen LogP contribution in [0.5, 0.6) is 0 Å². The van der Waals surface area contributed by atoms with E-state index in [1.54, 1.807) is 0 Å². The quantitative estimate of drug-likeness (QED) is 0.660. The van der Waals surface area contributed by atoms with Gasteiger partial charge in [-0.15, -0.1) is 0 Å². The molecule has 23 heavy (non-hydrogen) atoms. The van der Waals surface area contributed by atoms with Crippen LogP contribution in [0.2, 0.25) is 0 Å². The third kappa shape index (κ3) is 3.60. The van der Waals surface area contributed by atoms with Gasteiger partial charge in [-0.2, -0.15) is 26.3 Å². The van der Waals surface area contributed by atoms with Crippen molar-refractivity contribution in [3.8, 4) is 11.1 Å². The first-order valence-corrected chi connectivity index (χ1v) is 6.57. The first-order chi connectivity index (χ1) is 10.5. The molecular formula is C16H13F6N. The molecule has 0 heterocycles. The Kier molecular flexibility index (Phi) is 4.32. The van der Waals surface area contributed by atoms with Crippen LogP contribution in [0.4, 0.5) is 32.0 Å². The second kappa shape index (κ2) is 5.79. The van der Waals surface area contributed by atoms with E-state index in [-0.39, 0.29) is 16.8 Å². The van der Waals surface area contributed by atoms with Crippen molar-refractivity contribution in [3.05, 3.63) is 53.6 Å². The van der Waals surface area contributed by atoms with Gasteiger partial charge in [0.15, 0.2) is 0 Å². The Labute approximate surface area is 129 Å². The first-order valence-electron chi connectivity index (χ1n) is 6.57. The van der Waals surface area contributed by atoms with Gasteiger partial charge in [0.05, 0.1) is 11.1 Å². The molecule has 0 unspecified atom stereocenters. The van der Waals surface area contributed by atoms with Crippen LogP contribution in [0, 0.1) is 0 Å². The molecule has 2 aromatic rings. The molecule has 0 N–H and O–H groups in total. The molecule has 0 atom stereocenters. The lowest BCUT2D eigenvalue weighted by Crippen LogP contribution is -2.16. The topological polar surface area (TPSA) is 3.24 Å². The van der Waals surface area contributed by atoms with Gasteiger partial charge in [-0.25, -0.2) is 0 Å². The van der Waals surface area contributed by atoms with Crippen molar-refractivity contribution in [1.29, 1.82) is 0 Å². The predicted octanol–water partition coefficient (Wildman–Crippen LogP) is 5.46. The summed E-state index contributed by atoms with van der Waals surface area (Å²) in [6.07, 6.45) is -9.17. The maximum atomic E-state index is 13.1. The van der Waals surface area contributed by atoms with E-state index in [9.17, 15) is 26.3 Å². The summed E-state index contributed by atoms with van der Waals surface area (Å²) in [6.45, 7) is 0. The highest BCUT2D eigenvalue weighted by atomic mass is 19.4. The highest BCUT2D eigenvalue weighted by molar-refractivity contribution is 5.73. The zero-order valence-corrected chi connectivity index (χ0v) is 12.3. The van der Waals surface area contributed by atoms with Crippen LogP contribution >= 0.6 is 0 Å². The number of hydrogen-bond acceptors (Lipinski definition) is 1. The number of benzene rings is 2. The number of nitrogens with zero attached hydrogens (tertiary/aromatic N) is 1. The summed E-state index contributed by atoms with van der Waals surface area (Å²) in [7, 11) is 2.81. The van der Waals surface area contributed by atoms with Crippen molar-refractivity contribution in [1.82, 2.24) is 0 Å². The Morgan fingerprint density at radius 3 is 1.83 bits per heavy atom. The van der Waals surface area contributed by atoms with Gasteiger partial charge in [-0.1, -0.05) is 24.3 Å². The van der Waals surface area contributed by atoms with Crippen LogP contribution in [0.3, 0.4) is 0 Å². The van der Waals surface area contributed by atoms with E-state index in [4.69, 9.17) is 0 Å². The normalized spacial score (nSPS) is 12.3. The second-order valence-corrected chi connectivity index (χ2v) is 5.17. The Morgan fingerprint density at radius 1 is 0.739 bits per heavy atom. The molecule has 2 rings (SSSR count). The molecule has 0 aliphatic carbocycles. The van der Waals surface area contributed by atoms with E-state index in [1.165, 1.54) is 37.2 Å². The molecule has 0 aromatic heterocycles. The predicted molar refractivity (Wildman–Crippen MR) is 76.2 cm³/mol. The van der Waals surface area contributed by atoms with Crippen molar-refractivity contribution in [2.75, 3.05) is 19.0 Å². The van der Waals surface area contributed by atoms with E-state index >= 15 is 0 Å². The molecule has 0 aliphatic heterocycles. The van der Waals surface area contributed by atoms with Gasteiger partial charge in [-0.3, -0.25) is 0 Å². The van der Waals surface area contributed by atoms with Crippen LogP contribution in [-0.4, -0.2) is 14.1 Å². The minimum absolute atomic E-state index is 0.0784. The van der Waals surface area contributed by atoms with Gasteiger partial charge < -0.3 is 4.90 Å². The smallest absolute Gasteiger partial charge is 0.377 e. The Morgan fingerprint density at radius 2 is 1.30 bits per heavy atom. The number of hydrogen-bond donors (Lipinski definition) is 0. The third-order valence-electron chi connectivity index (χ3n) is 3.33. The number of halogens is 6. The number of rotatable bonds is 2. The SMILES string of the molecule is CN(C)c1cc(-c2ccccc2C(F)(F)F)ccc1C(F)(F)F. The average Bonchev–Trinajstić information content (AvgIpc) is 2.44. The third-order valence-corrected chi connectivity index (χ3v) is 3.33. The maximum absolute atomic E-state index is 13.1. The fourth-order valence-corrected chi connectivity index (χ4v) is 2.29. The molecule has 2 aromatic carbocycles. The van der Waals surface area contributed by atoms with Gasteiger partial charge >= 0.3 is 12.4 Å². The fourth-order valence-electron chi connectivity index (χ4n) is 2.29. The number of alkyl halides is 6. The molecule has 0 aliphatic rings. The van der Waals surface area contributed by atoms with Crippen molar-refractivity contribution in [2.45, 2.75) is 12.4 Å². The maximum Gasteiger partial charge on any atom is 0.418 e. The lowest BCUT2D eigenvalue weighted by molar-refractivity contribution is -0.138. The van der Waals surface area contributed by atoms with Crippen LogP contribution in [-0.2, 0) is 12.4 Å². The second-order valence-electron chi connectivity index (χ2n) is 5.17. The van der Waals surface area contributed by atoms with Crippen LogP contribution in [0.1, 0.15) is 11.1 Å². The standard InChI is InChI=1S/C16H13F6N/c1-23(2)14-9-10(7-8-13(14)16(20,21)22)11-5-3-4-6-12(11)15(17,18)19/h3-9H,1-2H3. The summed E-state index contributed by atoms with van der Waals surface area (Å²) >= 11 is 0. The van der Waals surface area contributed by atoms with Gasteiger partial charge in [0, 0.05) is 19.8 Å². The Balaban J connectivity index is 2.66. The van der Waals surface area contributed by atoms with Gasteiger partial charge in [0.25, 0.3) is 0 Å². The van der Waals surface area contributed by atoms with Crippen molar-refractivity contribution in [3.63, 3.8) is 0 Å². The van der Waals surface area contributed by atoms with Crippen LogP contribution in [0.15, 0.2) is 42.5 Å². The first kappa shape index (κ1) is 17.2. The average molecular weight is 333 g/mol. The lowest BCUT2D eigenvalue weighted by Gasteiger charge is -2.21. The monoisotopic (exact) mass is 333 g/mol. The summed E-state index contributed by atoms with van der Waals surface area (Å²) in [5, 5.41) is 0. The molecule has 0 amide bonds. The van der Waals surface area contributed by atoms with Crippen LogP contribution < -0.4 is 4.90 Å². The van der Waals surface area contributed by atoms with Crippen molar-refractivity contribution < 1.29 is 26.3 Å². The summed E-state index contributed by atoms with van der Waals surface area (Å²) in [5.41, 5.74) is -2.04. The van der Waals surface area contributed by atoms with E-state index in [1.807, 2.05) is 0 Å². The van der Waals surface area contributed by atoms with E-state index in [0.29, 0.717) is 0 Å². The molecule has 1 nitrogen and oxygen atoms in total. The lowest BCUT2D eigenvalue weighted by atomic mass is 9.97. The largest absolute Gasteiger partial charge is 0.418 e. The van der Waals surface area contributed by atoms with E-state index in [2.05, 4.69) is 0 Å².